The Hall–Kier alpha value is -4.23. The van der Waals surface area contributed by atoms with Crippen LogP contribution in [-0.2, 0) is 13.1 Å². The van der Waals surface area contributed by atoms with Gasteiger partial charge in [0, 0.05) is 31.0 Å². The van der Waals surface area contributed by atoms with Crippen molar-refractivity contribution in [3.8, 4) is 0 Å². The van der Waals surface area contributed by atoms with Crippen LogP contribution < -0.4 is 10.9 Å². The van der Waals surface area contributed by atoms with Crippen LogP contribution >= 0.6 is 0 Å². The normalized spacial score (nSPS) is 11.4. The van der Waals surface area contributed by atoms with Crippen molar-refractivity contribution in [2.75, 3.05) is 20.1 Å². The van der Waals surface area contributed by atoms with E-state index in [1.54, 1.807) is 16.8 Å². The summed E-state index contributed by atoms with van der Waals surface area (Å²) in [6, 6.07) is 25.3. The molecule has 0 atom stereocenters. The lowest BCUT2D eigenvalue weighted by molar-refractivity contribution is 0.0951. The summed E-state index contributed by atoms with van der Waals surface area (Å²) in [6.07, 6.45) is 4.42. The largest absolute Gasteiger partial charge is 0.352 e. The molecule has 7 heteroatoms. The summed E-state index contributed by atoms with van der Waals surface area (Å²) in [4.78, 5) is 32.7. The van der Waals surface area contributed by atoms with E-state index in [0.29, 0.717) is 29.8 Å². The molecule has 182 valence electrons. The highest BCUT2D eigenvalue weighted by atomic mass is 16.1. The molecule has 7 nitrogen and oxygen atoms in total. The molecule has 0 spiro atoms. The number of aromatic nitrogens is 3. The molecule has 2 aromatic carbocycles. The van der Waals surface area contributed by atoms with Gasteiger partial charge in [-0.15, -0.1) is 0 Å². The second kappa shape index (κ2) is 10.6. The van der Waals surface area contributed by atoms with Gasteiger partial charge < -0.3 is 14.6 Å². The highest BCUT2D eigenvalue weighted by Gasteiger charge is 2.13. The van der Waals surface area contributed by atoms with Crippen LogP contribution in [0.2, 0.25) is 0 Å². The first kappa shape index (κ1) is 23.5. The average molecular weight is 480 g/mol. The van der Waals surface area contributed by atoms with E-state index in [0.717, 1.165) is 30.6 Å². The van der Waals surface area contributed by atoms with Gasteiger partial charge in [-0.25, -0.2) is 4.98 Å². The van der Waals surface area contributed by atoms with Gasteiger partial charge in [0.25, 0.3) is 11.5 Å². The quantitative estimate of drug-likeness (QED) is 0.325. The van der Waals surface area contributed by atoms with Gasteiger partial charge in [0.05, 0.1) is 12.1 Å². The second-order valence-corrected chi connectivity index (χ2v) is 9.03. The van der Waals surface area contributed by atoms with Crippen molar-refractivity contribution in [3.63, 3.8) is 0 Å². The maximum Gasteiger partial charge on any atom is 0.276 e. The summed E-state index contributed by atoms with van der Waals surface area (Å²) < 4.78 is 3.53. The van der Waals surface area contributed by atoms with Crippen LogP contribution in [0.1, 0.15) is 27.9 Å². The molecular weight excluding hydrogens is 450 g/mol. The monoisotopic (exact) mass is 479 g/mol. The number of fused-ring (bicyclic) bond motifs is 3. The fourth-order valence-electron chi connectivity index (χ4n) is 4.55. The van der Waals surface area contributed by atoms with E-state index < -0.39 is 0 Å². The molecule has 1 amide bonds. The van der Waals surface area contributed by atoms with Crippen molar-refractivity contribution in [1.29, 1.82) is 0 Å². The summed E-state index contributed by atoms with van der Waals surface area (Å²) in [5.74, 6) is -0.111. The van der Waals surface area contributed by atoms with Crippen LogP contribution in [0.4, 0.5) is 0 Å². The van der Waals surface area contributed by atoms with E-state index in [1.807, 2.05) is 71.3 Å². The third-order valence-corrected chi connectivity index (χ3v) is 6.32. The number of hydrogen-bond acceptors (Lipinski definition) is 4. The van der Waals surface area contributed by atoms with Crippen molar-refractivity contribution in [2.24, 2.45) is 0 Å². The number of rotatable bonds is 9. The zero-order valence-corrected chi connectivity index (χ0v) is 20.3. The van der Waals surface area contributed by atoms with E-state index >= 15 is 0 Å². The lowest BCUT2D eigenvalue weighted by Gasteiger charge is -2.17. The van der Waals surface area contributed by atoms with Gasteiger partial charge in [-0.2, -0.15) is 0 Å². The molecule has 0 radical (unpaired) electrons. The third-order valence-electron chi connectivity index (χ3n) is 6.32. The highest BCUT2D eigenvalue weighted by molar-refractivity contribution is 5.94. The Morgan fingerprint density at radius 3 is 2.61 bits per heavy atom. The van der Waals surface area contributed by atoms with Gasteiger partial charge in [0.15, 0.2) is 5.65 Å². The van der Waals surface area contributed by atoms with E-state index in [-0.39, 0.29) is 11.5 Å². The lowest BCUT2D eigenvalue weighted by Crippen LogP contribution is -2.28. The number of amides is 1. The van der Waals surface area contributed by atoms with Gasteiger partial charge >= 0.3 is 0 Å². The molecule has 3 heterocycles. The third kappa shape index (κ3) is 5.06. The lowest BCUT2D eigenvalue weighted by atomic mass is 10.1. The molecule has 0 unspecified atom stereocenters. The van der Waals surface area contributed by atoms with Crippen molar-refractivity contribution in [3.05, 3.63) is 118 Å². The van der Waals surface area contributed by atoms with Gasteiger partial charge in [-0.3, -0.25) is 14.2 Å². The number of nitrogens with one attached hydrogen (secondary N) is 1. The van der Waals surface area contributed by atoms with E-state index in [4.69, 9.17) is 0 Å². The molecule has 0 bridgehead atoms. The predicted octanol–water partition coefficient (Wildman–Crippen LogP) is 3.95. The minimum Gasteiger partial charge on any atom is -0.352 e. The Kier molecular flexibility index (Phi) is 6.91. The number of hydrogen-bond donors (Lipinski definition) is 1. The SMILES string of the molecule is CN(CCCNC(=O)c1cccc(Cn2c(=O)c3cccn3c3cccnc32)c1)Cc1ccccc1. The summed E-state index contributed by atoms with van der Waals surface area (Å²) in [5, 5.41) is 3.02. The average Bonchev–Trinajstić information content (AvgIpc) is 3.40. The van der Waals surface area contributed by atoms with Crippen LogP contribution in [0, 0.1) is 0 Å². The van der Waals surface area contributed by atoms with Crippen LogP contribution in [0.25, 0.3) is 16.7 Å². The highest BCUT2D eigenvalue weighted by Crippen LogP contribution is 2.15. The molecule has 1 N–H and O–H groups in total. The van der Waals surface area contributed by atoms with E-state index in [1.165, 1.54) is 5.56 Å². The van der Waals surface area contributed by atoms with Crippen molar-refractivity contribution in [2.45, 2.75) is 19.5 Å². The standard InChI is InChI=1S/C29H29N5O2/c1-32(20-22-9-3-2-4-10-22)17-8-16-31-28(35)24-12-5-11-23(19-24)21-34-27-25(13-6-15-30-27)33-18-7-14-26(33)29(34)36/h2-7,9-15,18-19H,8,16-17,20-21H2,1H3,(H,31,35). The van der Waals surface area contributed by atoms with Crippen molar-refractivity contribution in [1.82, 2.24) is 24.2 Å². The van der Waals surface area contributed by atoms with Gasteiger partial charge in [0.1, 0.15) is 5.52 Å². The number of benzene rings is 2. The smallest absolute Gasteiger partial charge is 0.276 e. The Bertz CT molecular complexity index is 1550. The second-order valence-electron chi connectivity index (χ2n) is 9.03. The minimum absolute atomic E-state index is 0.110. The van der Waals surface area contributed by atoms with E-state index in [9.17, 15) is 9.59 Å². The first-order chi connectivity index (χ1) is 17.6. The molecular formula is C29H29N5O2. The molecule has 36 heavy (non-hydrogen) atoms. The zero-order chi connectivity index (χ0) is 24.9. The minimum atomic E-state index is -0.111. The number of pyridine rings is 1. The first-order valence-electron chi connectivity index (χ1n) is 12.1. The summed E-state index contributed by atoms with van der Waals surface area (Å²) in [7, 11) is 2.09. The first-order valence-corrected chi connectivity index (χ1v) is 12.1. The van der Waals surface area contributed by atoms with Crippen LogP contribution in [0.15, 0.2) is 96.1 Å². The fraction of sp³-hybridized carbons (Fsp3) is 0.207. The number of carbonyl (C=O) groups excluding carboxylic acids is 1. The molecule has 0 aliphatic heterocycles. The van der Waals surface area contributed by atoms with E-state index in [2.05, 4.69) is 34.4 Å². The number of nitrogens with zero attached hydrogens (tertiary/aromatic N) is 4. The number of carbonyl (C=O) groups is 1. The Morgan fingerprint density at radius 1 is 0.944 bits per heavy atom. The maximum atomic E-state index is 13.2. The Morgan fingerprint density at radius 2 is 1.75 bits per heavy atom. The molecule has 0 saturated heterocycles. The molecule has 0 saturated carbocycles. The van der Waals surface area contributed by atoms with Crippen LogP contribution in [-0.4, -0.2) is 44.9 Å². The van der Waals surface area contributed by atoms with Gasteiger partial charge in [-0.05, 0) is 67.5 Å². The molecule has 0 aliphatic carbocycles. The molecule has 0 fully saturated rings. The molecule has 5 rings (SSSR count). The molecule has 5 aromatic rings. The molecule has 0 aliphatic rings. The van der Waals surface area contributed by atoms with Crippen LogP contribution in [0.3, 0.4) is 0 Å². The molecule has 3 aromatic heterocycles. The maximum absolute atomic E-state index is 13.2. The fourth-order valence-corrected chi connectivity index (χ4v) is 4.55. The summed E-state index contributed by atoms with van der Waals surface area (Å²) in [5.41, 5.74) is 4.69. The van der Waals surface area contributed by atoms with Gasteiger partial charge in [0.2, 0.25) is 0 Å². The Labute approximate surface area is 209 Å². The zero-order valence-electron chi connectivity index (χ0n) is 20.3. The topological polar surface area (TPSA) is 71.6 Å². The van der Waals surface area contributed by atoms with Gasteiger partial charge in [-0.1, -0.05) is 42.5 Å². The summed E-state index contributed by atoms with van der Waals surface area (Å²) in [6.45, 7) is 2.70. The van der Waals surface area contributed by atoms with Crippen molar-refractivity contribution < 1.29 is 4.79 Å². The predicted molar refractivity (Wildman–Crippen MR) is 142 cm³/mol. The Balaban J connectivity index is 1.24. The summed E-state index contributed by atoms with van der Waals surface area (Å²) >= 11 is 0. The van der Waals surface area contributed by atoms with Crippen LogP contribution in [0.5, 0.6) is 0 Å². The van der Waals surface area contributed by atoms with Crippen molar-refractivity contribution >= 4 is 22.6 Å².